The smallest absolute Gasteiger partial charge is 0.144 e. The first kappa shape index (κ1) is 14.2. The lowest BCUT2D eigenvalue weighted by Gasteiger charge is -2.19. The fourth-order valence-electron chi connectivity index (χ4n) is 2.09. The Morgan fingerprint density at radius 2 is 1.95 bits per heavy atom. The van der Waals surface area contributed by atoms with Gasteiger partial charge in [0, 0.05) is 5.56 Å². The minimum absolute atomic E-state index is 0.185. The average molecular weight is 274 g/mol. The minimum Gasteiger partial charge on any atom is -0.492 e. The number of ether oxygens (including phenoxy) is 1. The second kappa shape index (κ2) is 6.28. The number of rotatable bonds is 5. The fourth-order valence-corrected chi connectivity index (χ4v) is 2.09. The molecule has 4 heteroatoms. The van der Waals surface area contributed by atoms with Gasteiger partial charge in [-0.15, -0.1) is 0 Å². The van der Waals surface area contributed by atoms with Gasteiger partial charge >= 0.3 is 0 Å². The first-order valence-corrected chi connectivity index (χ1v) is 6.65. The number of nitrogens with two attached hydrogens (primary N) is 1. The van der Waals surface area contributed by atoms with E-state index in [1.165, 1.54) is 6.07 Å². The van der Waals surface area contributed by atoms with E-state index in [1.54, 1.807) is 12.1 Å². The van der Waals surface area contributed by atoms with Crippen molar-refractivity contribution in [1.82, 2.24) is 0 Å². The van der Waals surface area contributed by atoms with E-state index in [1.807, 2.05) is 38.1 Å². The summed E-state index contributed by atoms with van der Waals surface area (Å²) in [6.45, 7) is 4.35. The third kappa shape index (κ3) is 3.02. The molecule has 3 N–H and O–H groups in total. The lowest BCUT2D eigenvalue weighted by atomic mass is 10.1. The van der Waals surface area contributed by atoms with Crippen LogP contribution in [0.2, 0.25) is 0 Å². The van der Waals surface area contributed by atoms with Crippen LogP contribution in [0, 0.1) is 5.82 Å². The largest absolute Gasteiger partial charge is 0.492 e. The maximum atomic E-state index is 13.7. The fraction of sp³-hybridized carbons (Fsp3) is 0.250. The molecule has 2 rings (SSSR count). The standard InChI is InChI=1S/C16H19FN2O/c1-3-20-15-10-6-9-14(16(15)18)19-11(2)12-7-4-5-8-13(12)17/h4-11,19H,3,18H2,1-2H3. The number of hydrogen-bond acceptors (Lipinski definition) is 3. The highest BCUT2D eigenvalue weighted by Gasteiger charge is 2.12. The van der Waals surface area contributed by atoms with Gasteiger partial charge in [-0.25, -0.2) is 4.39 Å². The van der Waals surface area contributed by atoms with Gasteiger partial charge < -0.3 is 15.8 Å². The maximum Gasteiger partial charge on any atom is 0.144 e. The lowest BCUT2D eigenvalue weighted by molar-refractivity contribution is 0.342. The van der Waals surface area contributed by atoms with Gasteiger partial charge in [0.1, 0.15) is 11.6 Å². The number of hydrogen-bond donors (Lipinski definition) is 2. The van der Waals surface area contributed by atoms with E-state index in [2.05, 4.69) is 5.32 Å². The summed E-state index contributed by atoms with van der Waals surface area (Å²) in [5, 5.41) is 3.22. The van der Waals surface area contributed by atoms with Crippen LogP contribution in [-0.4, -0.2) is 6.61 Å². The van der Waals surface area contributed by atoms with Crippen molar-refractivity contribution in [2.75, 3.05) is 17.7 Å². The van der Waals surface area contributed by atoms with Crippen molar-refractivity contribution in [1.29, 1.82) is 0 Å². The second-order valence-corrected chi connectivity index (χ2v) is 4.54. The summed E-state index contributed by atoms with van der Waals surface area (Å²) in [6.07, 6.45) is 0. The van der Waals surface area contributed by atoms with Crippen LogP contribution in [0.4, 0.5) is 15.8 Å². The number of para-hydroxylation sites is 1. The SMILES string of the molecule is CCOc1cccc(NC(C)c2ccccc2F)c1N. The number of halogens is 1. The van der Waals surface area contributed by atoms with Crippen molar-refractivity contribution in [3.63, 3.8) is 0 Å². The molecule has 0 fully saturated rings. The van der Waals surface area contributed by atoms with Crippen LogP contribution in [-0.2, 0) is 0 Å². The molecule has 3 nitrogen and oxygen atoms in total. The molecule has 0 amide bonds. The Kier molecular flexibility index (Phi) is 4.45. The molecule has 0 spiro atoms. The normalized spacial score (nSPS) is 11.9. The van der Waals surface area contributed by atoms with Crippen LogP contribution in [0.3, 0.4) is 0 Å². The Labute approximate surface area is 118 Å². The van der Waals surface area contributed by atoms with Gasteiger partial charge in [-0.3, -0.25) is 0 Å². The highest BCUT2D eigenvalue weighted by Crippen LogP contribution is 2.32. The average Bonchev–Trinajstić information content (AvgIpc) is 2.44. The lowest BCUT2D eigenvalue weighted by Crippen LogP contribution is -2.10. The number of benzene rings is 2. The summed E-state index contributed by atoms with van der Waals surface area (Å²) >= 11 is 0. The molecule has 0 aliphatic carbocycles. The molecular weight excluding hydrogens is 255 g/mol. The molecule has 2 aromatic carbocycles. The van der Waals surface area contributed by atoms with Gasteiger partial charge in [0.2, 0.25) is 0 Å². The maximum absolute atomic E-state index is 13.7. The predicted octanol–water partition coefficient (Wildman–Crippen LogP) is 3.98. The molecule has 0 saturated carbocycles. The monoisotopic (exact) mass is 274 g/mol. The summed E-state index contributed by atoms with van der Waals surface area (Å²) in [5.41, 5.74) is 7.94. The number of nitrogens with one attached hydrogen (secondary N) is 1. The third-order valence-corrected chi connectivity index (χ3v) is 3.11. The highest BCUT2D eigenvalue weighted by molar-refractivity contribution is 5.73. The molecule has 0 heterocycles. The van der Waals surface area contributed by atoms with Crippen LogP contribution >= 0.6 is 0 Å². The summed E-state index contributed by atoms with van der Waals surface area (Å²) < 4.78 is 19.2. The molecule has 0 bridgehead atoms. The highest BCUT2D eigenvalue weighted by atomic mass is 19.1. The van der Waals surface area contributed by atoms with E-state index in [4.69, 9.17) is 10.5 Å². The van der Waals surface area contributed by atoms with Crippen LogP contribution in [0.5, 0.6) is 5.75 Å². The summed E-state index contributed by atoms with van der Waals surface area (Å²) in [6, 6.07) is 12.1. The first-order valence-electron chi connectivity index (χ1n) is 6.65. The second-order valence-electron chi connectivity index (χ2n) is 4.54. The topological polar surface area (TPSA) is 47.3 Å². The number of anilines is 2. The molecule has 0 aromatic heterocycles. The van der Waals surface area contributed by atoms with E-state index in [-0.39, 0.29) is 11.9 Å². The summed E-state index contributed by atoms with van der Waals surface area (Å²) in [5.74, 6) is 0.408. The van der Waals surface area contributed by atoms with E-state index >= 15 is 0 Å². The molecule has 0 radical (unpaired) electrons. The van der Waals surface area contributed by atoms with Crippen LogP contribution in [0.15, 0.2) is 42.5 Å². The van der Waals surface area contributed by atoms with Gasteiger partial charge in [-0.05, 0) is 32.0 Å². The molecule has 2 aromatic rings. The van der Waals surface area contributed by atoms with Crippen molar-refractivity contribution < 1.29 is 9.13 Å². The zero-order valence-electron chi connectivity index (χ0n) is 11.7. The van der Waals surface area contributed by atoms with Crippen LogP contribution < -0.4 is 15.8 Å². The van der Waals surface area contributed by atoms with Gasteiger partial charge in [0.25, 0.3) is 0 Å². The van der Waals surface area contributed by atoms with Crippen molar-refractivity contribution in [3.8, 4) is 5.75 Å². The summed E-state index contributed by atoms with van der Waals surface area (Å²) in [4.78, 5) is 0. The number of nitrogen functional groups attached to an aromatic ring is 1. The van der Waals surface area contributed by atoms with Gasteiger partial charge in [-0.2, -0.15) is 0 Å². The Morgan fingerprint density at radius 1 is 1.20 bits per heavy atom. The molecule has 0 saturated heterocycles. The van der Waals surface area contributed by atoms with E-state index in [0.717, 1.165) is 5.69 Å². The molecule has 1 atom stereocenters. The first-order chi connectivity index (χ1) is 9.63. The molecular formula is C16H19FN2O. The van der Waals surface area contributed by atoms with Crippen molar-refractivity contribution >= 4 is 11.4 Å². The quantitative estimate of drug-likeness (QED) is 0.811. The molecule has 0 aliphatic rings. The Hall–Kier alpha value is -2.23. The molecule has 0 aliphatic heterocycles. The minimum atomic E-state index is -0.230. The van der Waals surface area contributed by atoms with E-state index in [0.29, 0.717) is 23.6 Å². The van der Waals surface area contributed by atoms with Crippen LogP contribution in [0.1, 0.15) is 25.5 Å². The van der Waals surface area contributed by atoms with Crippen LogP contribution in [0.25, 0.3) is 0 Å². The molecule has 1 unspecified atom stereocenters. The Balaban J connectivity index is 2.22. The van der Waals surface area contributed by atoms with Gasteiger partial charge in [0.15, 0.2) is 0 Å². The van der Waals surface area contributed by atoms with Gasteiger partial charge in [-0.1, -0.05) is 24.3 Å². The zero-order valence-corrected chi connectivity index (χ0v) is 11.7. The zero-order chi connectivity index (χ0) is 14.5. The third-order valence-electron chi connectivity index (χ3n) is 3.11. The van der Waals surface area contributed by atoms with E-state index < -0.39 is 0 Å². The molecule has 106 valence electrons. The Morgan fingerprint density at radius 3 is 2.65 bits per heavy atom. The Bertz CT molecular complexity index is 586. The van der Waals surface area contributed by atoms with Crippen molar-refractivity contribution in [2.24, 2.45) is 0 Å². The summed E-state index contributed by atoms with van der Waals surface area (Å²) in [7, 11) is 0. The van der Waals surface area contributed by atoms with E-state index in [9.17, 15) is 4.39 Å². The predicted molar refractivity (Wildman–Crippen MR) is 80.5 cm³/mol. The van der Waals surface area contributed by atoms with Crippen molar-refractivity contribution in [3.05, 3.63) is 53.8 Å². The van der Waals surface area contributed by atoms with Crippen molar-refractivity contribution in [2.45, 2.75) is 19.9 Å². The van der Waals surface area contributed by atoms with Gasteiger partial charge in [0.05, 0.1) is 24.0 Å². The molecule has 20 heavy (non-hydrogen) atoms.